The molecule has 3 heterocycles. The van der Waals surface area contributed by atoms with Crippen molar-refractivity contribution < 1.29 is 26.7 Å². The summed E-state index contributed by atoms with van der Waals surface area (Å²) in [5.74, 6) is -1.14. The van der Waals surface area contributed by atoms with Crippen molar-refractivity contribution in [2.45, 2.75) is 26.3 Å². The molecule has 1 aliphatic heterocycles. The largest absolute Gasteiger partial charge is 0.454 e. The molecule has 5 aromatic rings. The molecule has 0 atom stereocenters. The van der Waals surface area contributed by atoms with Gasteiger partial charge in [0.2, 0.25) is 5.78 Å². The maximum atomic E-state index is 15.1. The summed E-state index contributed by atoms with van der Waals surface area (Å²) >= 11 is 0. The van der Waals surface area contributed by atoms with Crippen LogP contribution < -0.4 is 19.5 Å². The number of nitrogen functional groups attached to an aromatic ring is 1. The molecule has 2 aromatic heterocycles. The second-order valence-corrected chi connectivity index (χ2v) is 12.3. The molecule has 216 valence electrons. The fourth-order valence-corrected chi connectivity index (χ4v) is 6.77. The van der Waals surface area contributed by atoms with E-state index in [-0.39, 0.29) is 35.1 Å². The summed E-state index contributed by atoms with van der Waals surface area (Å²) in [6.07, 6.45) is 1.34. The van der Waals surface area contributed by atoms with Crippen LogP contribution in [0.25, 0.3) is 16.6 Å². The Morgan fingerprint density at radius 3 is 2.50 bits per heavy atom. The number of anilines is 2. The summed E-state index contributed by atoms with van der Waals surface area (Å²) in [5.41, 5.74) is 7.35. The molecule has 1 aliphatic rings. The van der Waals surface area contributed by atoms with Gasteiger partial charge < -0.3 is 15.5 Å². The van der Waals surface area contributed by atoms with E-state index in [1.807, 2.05) is 0 Å². The monoisotopic (exact) mass is 592 g/mol. The summed E-state index contributed by atoms with van der Waals surface area (Å²) in [5, 5.41) is 4.69. The fourth-order valence-electron chi connectivity index (χ4n) is 5.00. The topological polar surface area (TPSA) is 135 Å². The van der Waals surface area contributed by atoms with Gasteiger partial charge in [-0.05, 0) is 74.9 Å². The van der Waals surface area contributed by atoms with E-state index in [9.17, 15) is 17.6 Å². The zero-order valence-electron chi connectivity index (χ0n) is 22.8. The highest BCUT2D eigenvalue weighted by atomic mass is 32.2. The molecular formula is C29H26F2N6O4S. The first-order valence-corrected chi connectivity index (χ1v) is 14.3. The average Bonchev–Trinajstić information content (AvgIpc) is 3.56. The number of ketones is 1. The van der Waals surface area contributed by atoms with Gasteiger partial charge >= 0.3 is 10.2 Å². The van der Waals surface area contributed by atoms with Crippen molar-refractivity contribution in [2.75, 3.05) is 16.6 Å². The maximum absolute atomic E-state index is 15.1. The number of rotatable bonds is 6. The predicted octanol–water partition coefficient (Wildman–Crippen LogP) is 4.98. The zero-order chi connectivity index (χ0) is 30.0. The van der Waals surface area contributed by atoms with E-state index < -0.39 is 33.2 Å². The van der Waals surface area contributed by atoms with Gasteiger partial charge in [0, 0.05) is 16.4 Å². The minimum Gasteiger partial charge on any atom is -0.454 e. The van der Waals surface area contributed by atoms with Crippen LogP contribution in [0, 0.1) is 18.6 Å². The molecule has 0 unspecified atom stereocenters. The molecule has 0 saturated carbocycles. The number of benzene rings is 3. The lowest BCUT2D eigenvalue weighted by Crippen LogP contribution is -2.36. The number of aromatic amines is 1. The molecule has 0 bridgehead atoms. The van der Waals surface area contributed by atoms with Gasteiger partial charge in [0.05, 0.1) is 35.4 Å². The highest BCUT2D eigenvalue weighted by molar-refractivity contribution is 7.91. The van der Waals surface area contributed by atoms with Gasteiger partial charge in [0.15, 0.2) is 11.6 Å². The first-order chi connectivity index (χ1) is 19.8. The molecule has 0 spiro atoms. The third-order valence-corrected chi connectivity index (χ3v) is 8.66. The molecule has 1 fully saturated rings. The molecule has 1 saturated heterocycles. The zero-order valence-corrected chi connectivity index (χ0v) is 23.6. The van der Waals surface area contributed by atoms with Crippen LogP contribution >= 0.6 is 0 Å². The van der Waals surface area contributed by atoms with Crippen LogP contribution in [0.1, 0.15) is 35.5 Å². The van der Waals surface area contributed by atoms with E-state index in [2.05, 4.69) is 14.8 Å². The lowest BCUT2D eigenvalue weighted by Gasteiger charge is -2.18. The normalized spacial score (nSPS) is 15.8. The van der Waals surface area contributed by atoms with Gasteiger partial charge in [-0.25, -0.2) is 13.5 Å². The maximum Gasteiger partial charge on any atom is 0.302 e. The number of ether oxygens (including phenoxy) is 1. The number of para-hydroxylation sites is 1. The van der Waals surface area contributed by atoms with Gasteiger partial charge in [0.25, 0.3) is 0 Å². The van der Waals surface area contributed by atoms with E-state index in [1.54, 1.807) is 51.1 Å². The summed E-state index contributed by atoms with van der Waals surface area (Å²) in [6, 6.07) is 15.1. The Kier molecular flexibility index (Phi) is 6.31. The molecule has 10 nitrogen and oxygen atoms in total. The minimum atomic E-state index is -3.93. The van der Waals surface area contributed by atoms with Gasteiger partial charge in [-0.15, -0.1) is 0 Å². The molecule has 3 aromatic carbocycles. The van der Waals surface area contributed by atoms with E-state index in [1.165, 1.54) is 41.2 Å². The van der Waals surface area contributed by atoms with E-state index in [0.29, 0.717) is 27.9 Å². The second-order valence-electron chi connectivity index (χ2n) is 10.7. The molecular weight excluding hydrogens is 566 g/mol. The third kappa shape index (κ3) is 4.76. The highest BCUT2D eigenvalue weighted by Crippen LogP contribution is 2.33. The summed E-state index contributed by atoms with van der Waals surface area (Å²) in [4.78, 5) is 16.4. The number of hydrogen-bond donors (Lipinski definition) is 3. The first-order valence-electron chi connectivity index (χ1n) is 12.9. The molecule has 6 rings (SSSR count). The Balaban J connectivity index is 1.29. The number of carbonyl (C=O) groups is 1. The number of nitrogens with two attached hydrogens (primary N) is 1. The quantitative estimate of drug-likeness (QED) is 0.238. The molecule has 0 amide bonds. The highest BCUT2D eigenvalue weighted by Gasteiger charge is 2.42. The predicted molar refractivity (Wildman–Crippen MR) is 154 cm³/mol. The second kappa shape index (κ2) is 9.67. The Hall–Kier alpha value is -4.75. The van der Waals surface area contributed by atoms with Crippen LogP contribution in [-0.2, 0) is 10.2 Å². The average molecular weight is 593 g/mol. The number of fused-ring (bicyclic) bond motifs is 1. The SMILES string of the molecule is Cc1cc(Oc2ccccc2F)ccc1-n1ncc(C(=O)c2cc3cc(F)c(N4CC(C)(C)NS4(=O)=O)cc3[nH]2)c1N. The van der Waals surface area contributed by atoms with Crippen molar-refractivity contribution in [3.63, 3.8) is 0 Å². The standard InChI is InChI=1S/C29H26F2N6O4S/c1-16-10-18(41-26-7-5-4-6-20(26)30)8-9-24(16)37-28(32)19(14-33-37)27(38)23-12-17-11-21(31)25(13-22(17)34-23)36-15-29(2,3)35-42(36,39)40/h4-14,34-35H,15,32H2,1-3H3. The Bertz CT molecular complexity index is 2000. The molecule has 13 heteroatoms. The molecule has 0 aliphatic carbocycles. The fraction of sp³-hybridized carbons (Fsp3) is 0.172. The number of nitrogens with one attached hydrogen (secondary N) is 2. The lowest BCUT2D eigenvalue weighted by molar-refractivity contribution is 0.103. The van der Waals surface area contributed by atoms with E-state index in [0.717, 1.165) is 4.31 Å². The number of H-pyrrole nitrogens is 1. The smallest absolute Gasteiger partial charge is 0.302 e. The molecule has 42 heavy (non-hydrogen) atoms. The number of aryl methyl sites for hydroxylation is 1. The van der Waals surface area contributed by atoms with E-state index in [4.69, 9.17) is 10.5 Å². The van der Waals surface area contributed by atoms with Gasteiger partial charge in [-0.3, -0.25) is 9.10 Å². The van der Waals surface area contributed by atoms with Crippen LogP contribution in [0.3, 0.4) is 0 Å². The van der Waals surface area contributed by atoms with Gasteiger partial charge in [-0.1, -0.05) is 12.1 Å². The first kappa shape index (κ1) is 27.4. The minimum absolute atomic E-state index is 0.0373. The van der Waals surface area contributed by atoms with Crippen molar-refractivity contribution in [2.24, 2.45) is 0 Å². The van der Waals surface area contributed by atoms with Crippen LogP contribution in [0.2, 0.25) is 0 Å². The van der Waals surface area contributed by atoms with Crippen molar-refractivity contribution in [3.05, 3.63) is 95.3 Å². The number of carbonyl (C=O) groups excluding carboxylic acids is 1. The Labute approximate surface area is 239 Å². The van der Waals surface area contributed by atoms with Crippen LogP contribution in [-0.4, -0.2) is 41.0 Å². The van der Waals surface area contributed by atoms with Crippen molar-refractivity contribution in [3.8, 4) is 17.2 Å². The summed E-state index contributed by atoms with van der Waals surface area (Å²) in [6.45, 7) is 5.24. The number of halogens is 2. The summed E-state index contributed by atoms with van der Waals surface area (Å²) < 4.78 is 64.8. The number of hydrogen-bond acceptors (Lipinski definition) is 6. The Morgan fingerprint density at radius 2 is 1.81 bits per heavy atom. The van der Waals surface area contributed by atoms with Crippen molar-refractivity contribution >= 4 is 38.4 Å². The Morgan fingerprint density at radius 1 is 1.05 bits per heavy atom. The number of aromatic nitrogens is 3. The third-order valence-electron chi connectivity index (χ3n) is 6.95. The van der Waals surface area contributed by atoms with Gasteiger partial charge in [-0.2, -0.15) is 18.2 Å². The lowest BCUT2D eigenvalue weighted by atomic mass is 10.1. The summed E-state index contributed by atoms with van der Waals surface area (Å²) in [7, 11) is -3.93. The molecule has 4 N–H and O–H groups in total. The van der Waals surface area contributed by atoms with Crippen LogP contribution in [0.15, 0.2) is 66.9 Å². The molecule has 0 radical (unpaired) electrons. The van der Waals surface area contributed by atoms with Crippen LogP contribution in [0.4, 0.5) is 20.3 Å². The van der Waals surface area contributed by atoms with Crippen molar-refractivity contribution in [1.29, 1.82) is 0 Å². The number of nitrogens with zero attached hydrogens (tertiary/aromatic N) is 3. The van der Waals surface area contributed by atoms with Crippen LogP contribution in [0.5, 0.6) is 11.5 Å². The van der Waals surface area contributed by atoms with Crippen molar-refractivity contribution in [1.82, 2.24) is 19.5 Å². The van der Waals surface area contributed by atoms with Gasteiger partial charge in [0.1, 0.15) is 17.4 Å². The van der Waals surface area contributed by atoms with E-state index >= 15 is 4.39 Å².